The van der Waals surface area contributed by atoms with Crippen LogP contribution in [0.15, 0.2) is 48.7 Å². The average Bonchev–Trinajstić information content (AvgIpc) is 2.76. The van der Waals surface area contributed by atoms with E-state index in [-0.39, 0.29) is 6.04 Å². The summed E-state index contributed by atoms with van der Waals surface area (Å²) in [4.78, 5) is 17.0. The van der Waals surface area contributed by atoms with E-state index in [9.17, 15) is 18.0 Å². The molecular weight excluding hydrogens is 397 g/mol. The van der Waals surface area contributed by atoms with Crippen molar-refractivity contribution < 1.29 is 23.2 Å². The molecule has 30 heavy (non-hydrogen) atoms. The van der Waals surface area contributed by atoms with Crippen LogP contribution in [0, 0.1) is 0 Å². The van der Waals surface area contributed by atoms with E-state index in [0.29, 0.717) is 12.1 Å². The van der Waals surface area contributed by atoms with Gasteiger partial charge in [-0.25, -0.2) is 5.48 Å². The third-order valence-corrected chi connectivity index (χ3v) is 5.01. The molecule has 160 valence electrons. The van der Waals surface area contributed by atoms with Gasteiger partial charge in [0.25, 0.3) is 5.91 Å². The number of aromatic nitrogens is 1. The molecular formula is C21H23F3N4O2. The molecule has 1 aliphatic heterocycles. The largest absolute Gasteiger partial charge is 0.433 e. The minimum absolute atomic E-state index is 0.256. The van der Waals surface area contributed by atoms with Crippen molar-refractivity contribution in [3.63, 3.8) is 0 Å². The molecule has 1 saturated heterocycles. The Morgan fingerprint density at radius 1 is 1.20 bits per heavy atom. The van der Waals surface area contributed by atoms with E-state index in [1.165, 1.54) is 18.3 Å². The maximum atomic E-state index is 12.6. The number of hydrogen-bond donors (Lipinski definition) is 3. The quantitative estimate of drug-likeness (QED) is 0.380. The van der Waals surface area contributed by atoms with Crippen molar-refractivity contribution in [2.45, 2.75) is 31.6 Å². The summed E-state index contributed by atoms with van der Waals surface area (Å²) in [5.74, 6) is -0.592. The van der Waals surface area contributed by atoms with Gasteiger partial charge in [-0.15, -0.1) is 0 Å². The summed E-state index contributed by atoms with van der Waals surface area (Å²) in [6.45, 7) is 2.07. The van der Waals surface area contributed by atoms with Gasteiger partial charge in [0.05, 0.1) is 0 Å². The highest BCUT2D eigenvalue weighted by atomic mass is 19.4. The minimum Gasteiger partial charge on any atom is -0.371 e. The summed E-state index contributed by atoms with van der Waals surface area (Å²) >= 11 is 0. The normalized spacial score (nSPS) is 15.5. The van der Waals surface area contributed by atoms with Gasteiger partial charge in [0.15, 0.2) is 0 Å². The van der Waals surface area contributed by atoms with Crippen molar-refractivity contribution in [1.82, 2.24) is 15.8 Å². The molecule has 1 aliphatic rings. The van der Waals surface area contributed by atoms with Crippen LogP contribution in [0.2, 0.25) is 0 Å². The first-order valence-corrected chi connectivity index (χ1v) is 9.58. The lowest BCUT2D eigenvalue weighted by Gasteiger charge is -2.35. The van der Waals surface area contributed by atoms with E-state index in [1.54, 1.807) is 11.6 Å². The van der Waals surface area contributed by atoms with Crippen molar-refractivity contribution >= 4 is 17.7 Å². The fourth-order valence-corrected chi connectivity index (χ4v) is 3.40. The number of hydroxylamine groups is 1. The zero-order chi connectivity index (χ0) is 21.6. The van der Waals surface area contributed by atoms with E-state index >= 15 is 0 Å². The number of rotatable bonds is 6. The molecule has 1 amide bonds. The maximum Gasteiger partial charge on any atom is 0.433 e. The molecule has 2 aromatic rings. The van der Waals surface area contributed by atoms with Crippen LogP contribution < -0.4 is 15.7 Å². The third-order valence-electron chi connectivity index (χ3n) is 5.01. The second kappa shape index (κ2) is 9.73. The molecule has 0 radical (unpaired) electrons. The molecule has 6 nitrogen and oxygen atoms in total. The Labute approximate surface area is 172 Å². The number of benzene rings is 1. The Bertz CT molecular complexity index is 877. The summed E-state index contributed by atoms with van der Waals surface area (Å²) in [6.07, 6.45) is 1.52. The van der Waals surface area contributed by atoms with Crippen LogP contribution in [0.3, 0.4) is 0 Å². The van der Waals surface area contributed by atoms with Gasteiger partial charge < -0.3 is 10.2 Å². The first kappa shape index (κ1) is 21.8. The van der Waals surface area contributed by atoms with Crippen LogP contribution in [-0.2, 0) is 17.5 Å². The maximum absolute atomic E-state index is 12.6. The number of para-hydroxylation sites is 1. The van der Waals surface area contributed by atoms with Crippen LogP contribution in [0.1, 0.15) is 29.7 Å². The Hall–Kier alpha value is -2.91. The third kappa shape index (κ3) is 5.80. The van der Waals surface area contributed by atoms with Gasteiger partial charge >= 0.3 is 6.18 Å². The van der Waals surface area contributed by atoms with E-state index in [4.69, 9.17) is 5.21 Å². The molecule has 3 rings (SSSR count). The molecule has 1 aromatic carbocycles. The lowest BCUT2D eigenvalue weighted by atomic mass is 10.0. The molecule has 2 heterocycles. The van der Waals surface area contributed by atoms with Crippen molar-refractivity contribution in [3.05, 3.63) is 65.5 Å². The summed E-state index contributed by atoms with van der Waals surface area (Å²) < 4.78 is 37.8. The van der Waals surface area contributed by atoms with Crippen molar-refractivity contribution in [2.24, 2.45) is 0 Å². The second-order valence-corrected chi connectivity index (χ2v) is 7.06. The van der Waals surface area contributed by atoms with Gasteiger partial charge in [-0.3, -0.25) is 15.0 Å². The predicted octanol–water partition coefficient (Wildman–Crippen LogP) is 3.38. The van der Waals surface area contributed by atoms with Crippen LogP contribution in [0.4, 0.5) is 18.9 Å². The molecule has 1 aromatic heterocycles. The molecule has 1 fully saturated rings. The highest BCUT2D eigenvalue weighted by Crippen LogP contribution is 2.27. The van der Waals surface area contributed by atoms with E-state index in [0.717, 1.165) is 43.2 Å². The summed E-state index contributed by atoms with van der Waals surface area (Å²) in [5, 5.41) is 12.0. The van der Waals surface area contributed by atoms with Gasteiger partial charge in [0.2, 0.25) is 0 Å². The molecule has 0 unspecified atom stereocenters. The molecule has 3 N–H and O–H groups in total. The van der Waals surface area contributed by atoms with Gasteiger partial charge in [-0.05, 0) is 42.2 Å². The Kier molecular flexibility index (Phi) is 7.07. The highest BCUT2D eigenvalue weighted by molar-refractivity contribution is 5.91. The molecule has 0 spiro atoms. The van der Waals surface area contributed by atoms with Crippen molar-refractivity contribution in [2.75, 3.05) is 18.0 Å². The molecule has 0 bridgehead atoms. The number of alkyl halides is 3. The first-order valence-electron chi connectivity index (χ1n) is 9.58. The van der Waals surface area contributed by atoms with E-state index in [2.05, 4.69) is 15.2 Å². The Morgan fingerprint density at radius 2 is 1.93 bits per heavy atom. The number of carbonyl (C=O) groups is 1. The van der Waals surface area contributed by atoms with Gasteiger partial charge in [0.1, 0.15) is 5.69 Å². The standard InChI is InChI=1S/C21H23F3N4O2/c22-21(23,24)19-7-5-15(14-26-19)13-25-17-9-11-28(12-10-17)18-4-2-1-3-16(18)6-8-20(29)27-30/h1-8,14,17,25,30H,9-13H2,(H,27,29)/b8-6+. The minimum atomic E-state index is -4.42. The summed E-state index contributed by atoms with van der Waals surface area (Å²) in [7, 11) is 0. The topological polar surface area (TPSA) is 77.5 Å². The number of piperidine rings is 1. The van der Waals surface area contributed by atoms with Crippen molar-refractivity contribution in [3.8, 4) is 0 Å². The lowest BCUT2D eigenvalue weighted by molar-refractivity contribution is -0.141. The van der Waals surface area contributed by atoms with E-state index < -0.39 is 17.8 Å². The zero-order valence-electron chi connectivity index (χ0n) is 16.2. The number of anilines is 1. The second-order valence-electron chi connectivity index (χ2n) is 7.06. The van der Waals surface area contributed by atoms with Gasteiger partial charge in [0, 0.05) is 43.6 Å². The van der Waals surface area contributed by atoms with Crippen LogP contribution in [0.25, 0.3) is 6.08 Å². The van der Waals surface area contributed by atoms with Crippen LogP contribution in [-0.4, -0.2) is 35.2 Å². The number of nitrogens with zero attached hydrogens (tertiary/aromatic N) is 2. The predicted molar refractivity (Wildman–Crippen MR) is 107 cm³/mol. The molecule has 0 aliphatic carbocycles. The molecule has 0 saturated carbocycles. The smallest absolute Gasteiger partial charge is 0.371 e. The van der Waals surface area contributed by atoms with Crippen LogP contribution >= 0.6 is 0 Å². The molecule has 0 atom stereocenters. The summed E-state index contributed by atoms with van der Waals surface area (Å²) in [6, 6.07) is 10.4. The number of amides is 1. The molecule has 9 heteroatoms. The monoisotopic (exact) mass is 420 g/mol. The first-order chi connectivity index (χ1) is 14.4. The zero-order valence-corrected chi connectivity index (χ0v) is 16.2. The fourth-order valence-electron chi connectivity index (χ4n) is 3.40. The number of hydrogen-bond acceptors (Lipinski definition) is 5. The number of carbonyl (C=O) groups excluding carboxylic acids is 1. The van der Waals surface area contributed by atoms with Crippen LogP contribution in [0.5, 0.6) is 0 Å². The average molecular weight is 420 g/mol. The Balaban J connectivity index is 1.53. The Morgan fingerprint density at radius 3 is 2.57 bits per heavy atom. The highest BCUT2D eigenvalue weighted by Gasteiger charge is 2.32. The van der Waals surface area contributed by atoms with Gasteiger partial charge in [-0.2, -0.15) is 13.2 Å². The number of halogens is 3. The van der Waals surface area contributed by atoms with Gasteiger partial charge in [-0.1, -0.05) is 24.3 Å². The lowest BCUT2D eigenvalue weighted by Crippen LogP contribution is -2.42. The van der Waals surface area contributed by atoms with E-state index in [1.807, 2.05) is 24.3 Å². The van der Waals surface area contributed by atoms with Crippen molar-refractivity contribution in [1.29, 1.82) is 0 Å². The summed E-state index contributed by atoms with van der Waals surface area (Å²) in [5.41, 5.74) is 3.28. The number of pyridine rings is 1. The number of nitrogens with one attached hydrogen (secondary N) is 2. The fraction of sp³-hybridized carbons (Fsp3) is 0.333. The SMILES string of the molecule is O=C(/C=C/c1ccccc1N1CCC(NCc2ccc(C(F)(F)F)nc2)CC1)NO.